The van der Waals surface area contributed by atoms with Crippen molar-refractivity contribution in [3.8, 4) is 11.5 Å². The highest BCUT2D eigenvalue weighted by Gasteiger charge is 2.12. The Balaban J connectivity index is 2.02. The summed E-state index contributed by atoms with van der Waals surface area (Å²) in [4.78, 5) is 24.0. The predicted octanol–water partition coefficient (Wildman–Crippen LogP) is 6.14. The number of nitrogens with one attached hydrogen (secondary N) is 1. The SMILES string of the molecule is CCCCCCCCCCCCCCCC(=O)NC(=O)c1ccc(O)c(OC)c1. The molecule has 0 heterocycles. The smallest absolute Gasteiger partial charge is 0.257 e. The Morgan fingerprint density at radius 2 is 1.38 bits per heavy atom. The van der Waals surface area contributed by atoms with Crippen molar-refractivity contribution in [2.75, 3.05) is 7.11 Å². The third-order valence-corrected chi connectivity index (χ3v) is 5.20. The molecule has 1 aromatic carbocycles. The molecule has 2 amide bonds. The zero-order chi connectivity index (χ0) is 21.3. The van der Waals surface area contributed by atoms with Crippen molar-refractivity contribution in [1.29, 1.82) is 0 Å². The standard InChI is InChI=1S/C24H39NO4/c1-3-4-5-6-7-8-9-10-11-12-13-14-15-16-23(27)25-24(28)20-17-18-21(26)22(19-20)29-2/h17-19,26H,3-16H2,1-2H3,(H,25,27,28). The first kappa shape index (κ1) is 25.0. The van der Waals surface area contributed by atoms with Gasteiger partial charge in [0.15, 0.2) is 11.5 Å². The van der Waals surface area contributed by atoms with E-state index >= 15 is 0 Å². The van der Waals surface area contributed by atoms with Crippen molar-refractivity contribution >= 4 is 11.8 Å². The number of amides is 2. The van der Waals surface area contributed by atoms with E-state index in [-0.39, 0.29) is 17.4 Å². The summed E-state index contributed by atoms with van der Waals surface area (Å²) < 4.78 is 4.98. The normalized spacial score (nSPS) is 10.7. The summed E-state index contributed by atoms with van der Waals surface area (Å²) in [5.74, 6) is -0.558. The van der Waals surface area contributed by atoms with Gasteiger partial charge in [-0.2, -0.15) is 0 Å². The van der Waals surface area contributed by atoms with Crippen LogP contribution in [0.25, 0.3) is 0 Å². The summed E-state index contributed by atoms with van der Waals surface area (Å²) in [6.45, 7) is 2.25. The van der Waals surface area contributed by atoms with Gasteiger partial charge in [0.2, 0.25) is 5.91 Å². The number of methoxy groups -OCH3 is 1. The van der Waals surface area contributed by atoms with E-state index in [9.17, 15) is 14.7 Å². The van der Waals surface area contributed by atoms with Crippen LogP contribution in [0.5, 0.6) is 11.5 Å². The largest absolute Gasteiger partial charge is 0.504 e. The van der Waals surface area contributed by atoms with Crippen molar-refractivity contribution in [2.24, 2.45) is 0 Å². The Morgan fingerprint density at radius 1 is 0.862 bits per heavy atom. The maximum atomic E-state index is 12.1. The lowest BCUT2D eigenvalue weighted by Gasteiger charge is -2.07. The van der Waals surface area contributed by atoms with Gasteiger partial charge >= 0.3 is 0 Å². The molecule has 0 bridgehead atoms. The van der Waals surface area contributed by atoms with Crippen LogP contribution in [0, 0.1) is 0 Å². The highest BCUT2D eigenvalue weighted by molar-refractivity contribution is 6.04. The van der Waals surface area contributed by atoms with Crippen LogP contribution in [0.4, 0.5) is 0 Å². The zero-order valence-electron chi connectivity index (χ0n) is 18.3. The maximum absolute atomic E-state index is 12.1. The topological polar surface area (TPSA) is 75.6 Å². The first-order chi connectivity index (χ1) is 14.1. The molecule has 1 aromatic rings. The lowest BCUT2D eigenvalue weighted by molar-refractivity contribution is -0.120. The number of rotatable bonds is 16. The number of imide groups is 1. The number of aromatic hydroxyl groups is 1. The van der Waals surface area contributed by atoms with E-state index in [1.807, 2.05) is 0 Å². The number of hydrogen-bond acceptors (Lipinski definition) is 4. The summed E-state index contributed by atoms with van der Waals surface area (Å²) in [5, 5.41) is 12.0. The van der Waals surface area contributed by atoms with Gasteiger partial charge in [-0.3, -0.25) is 14.9 Å². The number of ether oxygens (including phenoxy) is 1. The summed E-state index contributed by atoms with van der Waals surface area (Å²) in [6.07, 6.45) is 16.7. The second kappa shape index (κ2) is 15.8. The number of carbonyl (C=O) groups is 2. The molecule has 5 heteroatoms. The fraction of sp³-hybridized carbons (Fsp3) is 0.667. The molecule has 29 heavy (non-hydrogen) atoms. The Labute approximate surface area is 176 Å². The molecule has 0 spiro atoms. The van der Waals surface area contributed by atoms with Crippen LogP contribution in [-0.2, 0) is 4.79 Å². The van der Waals surface area contributed by atoms with Gasteiger partial charge in [0.25, 0.3) is 5.91 Å². The fourth-order valence-corrected chi connectivity index (χ4v) is 3.38. The van der Waals surface area contributed by atoms with Crippen LogP contribution in [0.15, 0.2) is 18.2 Å². The number of unbranched alkanes of at least 4 members (excludes halogenated alkanes) is 12. The van der Waals surface area contributed by atoms with Crippen LogP contribution in [-0.4, -0.2) is 24.0 Å². The molecule has 0 fully saturated rings. The first-order valence-corrected chi connectivity index (χ1v) is 11.3. The van der Waals surface area contributed by atoms with Crippen LogP contribution in [0.3, 0.4) is 0 Å². The highest BCUT2D eigenvalue weighted by atomic mass is 16.5. The number of hydrogen-bond donors (Lipinski definition) is 2. The fourth-order valence-electron chi connectivity index (χ4n) is 3.38. The first-order valence-electron chi connectivity index (χ1n) is 11.3. The minimum Gasteiger partial charge on any atom is -0.504 e. The number of phenols is 1. The Kier molecular flexibility index (Phi) is 13.6. The summed E-state index contributed by atoms with van der Waals surface area (Å²) in [7, 11) is 1.41. The van der Waals surface area contributed by atoms with Crippen LogP contribution >= 0.6 is 0 Å². The highest BCUT2D eigenvalue weighted by Crippen LogP contribution is 2.26. The second-order valence-corrected chi connectivity index (χ2v) is 7.76. The average molecular weight is 406 g/mol. The molecular weight excluding hydrogens is 366 g/mol. The molecule has 0 aliphatic carbocycles. The Bertz CT molecular complexity index is 601. The van der Waals surface area contributed by atoms with E-state index in [1.165, 1.54) is 89.5 Å². The third-order valence-electron chi connectivity index (χ3n) is 5.20. The molecule has 0 aliphatic heterocycles. The van der Waals surface area contributed by atoms with E-state index in [0.29, 0.717) is 12.0 Å². The summed E-state index contributed by atoms with van der Waals surface area (Å²) >= 11 is 0. The molecule has 0 radical (unpaired) electrons. The Morgan fingerprint density at radius 3 is 1.90 bits per heavy atom. The summed E-state index contributed by atoms with van der Waals surface area (Å²) in [5.41, 5.74) is 0.290. The van der Waals surface area contributed by atoms with Crippen molar-refractivity contribution in [3.63, 3.8) is 0 Å². The van der Waals surface area contributed by atoms with Crippen molar-refractivity contribution < 1.29 is 19.4 Å². The van der Waals surface area contributed by atoms with Crippen LogP contribution in [0.2, 0.25) is 0 Å². The number of benzene rings is 1. The van der Waals surface area contributed by atoms with Gasteiger partial charge in [0, 0.05) is 12.0 Å². The molecule has 0 saturated carbocycles. The molecule has 2 N–H and O–H groups in total. The van der Waals surface area contributed by atoms with E-state index in [0.717, 1.165) is 19.3 Å². The monoisotopic (exact) mass is 405 g/mol. The number of phenolic OH excluding ortho intramolecular Hbond substituents is 1. The van der Waals surface area contributed by atoms with Gasteiger partial charge in [-0.25, -0.2) is 0 Å². The van der Waals surface area contributed by atoms with Gasteiger partial charge in [0.1, 0.15) is 0 Å². The van der Waals surface area contributed by atoms with Gasteiger partial charge in [-0.05, 0) is 24.6 Å². The van der Waals surface area contributed by atoms with Gasteiger partial charge in [-0.15, -0.1) is 0 Å². The molecule has 0 atom stereocenters. The Hall–Kier alpha value is -2.04. The quantitative estimate of drug-likeness (QED) is 0.324. The van der Waals surface area contributed by atoms with E-state index in [2.05, 4.69) is 12.2 Å². The lowest BCUT2D eigenvalue weighted by Crippen LogP contribution is -2.30. The van der Waals surface area contributed by atoms with Gasteiger partial charge in [0.05, 0.1) is 7.11 Å². The molecule has 0 saturated heterocycles. The van der Waals surface area contributed by atoms with Gasteiger partial charge < -0.3 is 9.84 Å². The molecule has 0 aromatic heterocycles. The lowest BCUT2D eigenvalue weighted by atomic mass is 10.0. The van der Waals surface area contributed by atoms with Crippen molar-refractivity contribution in [3.05, 3.63) is 23.8 Å². The van der Waals surface area contributed by atoms with Crippen molar-refractivity contribution in [2.45, 2.75) is 96.8 Å². The summed E-state index contributed by atoms with van der Waals surface area (Å²) in [6, 6.07) is 4.26. The van der Waals surface area contributed by atoms with Crippen LogP contribution in [0.1, 0.15) is 107 Å². The molecule has 1 rings (SSSR count). The zero-order valence-corrected chi connectivity index (χ0v) is 18.3. The minimum absolute atomic E-state index is 0.0395. The third kappa shape index (κ3) is 11.5. The minimum atomic E-state index is -0.469. The average Bonchev–Trinajstić information content (AvgIpc) is 2.71. The van der Waals surface area contributed by atoms with E-state index in [4.69, 9.17) is 4.74 Å². The maximum Gasteiger partial charge on any atom is 0.257 e. The van der Waals surface area contributed by atoms with Crippen LogP contribution < -0.4 is 10.1 Å². The molecule has 164 valence electrons. The second-order valence-electron chi connectivity index (χ2n) is 7.76. The molecular formula is C24H39NO4. The predicted molar refractivity (Wildman–Crippen MR) is 117 cm³/mol. The molecule has 5 nitrogen and oxygen atoms in total. The number of carbonyl (C=O) groups excluding carboxylic acids is 2. The van der Waals surface area contributed by atoms with E-state index < -0.39 is 5.91 Å². The molecule has 0 unspecified atom stereocenters. The van der Waals surface area contributed by atoms with Gasteiger partial charge in [-0.1, -0.05) is 84.0 Å². The molecule has 0 aliphatic rings. The van der Waals surface area contributed by atoms with E-state index in [1.54, 1.807) is 0 Å². The van der Waals surface area contributed by atoms with Crippen molar-refractivity contribution in [1.82, 2.24) is 5.32 Å².